The molecule has 1 aromatic heterocycles. The molecule has 1 atom stereocenters. The molecule has 1 aliphatic rings. The number of aliphatic hydroxyl groups excluding tert-OH is 1. The van der Waals surface area contributed by atoms with Gasteiger partial charge in [0.25, 0.3) is 0 Å². The Hall–Kier alpha value is -1.72. The summed E-state index contributed by atoms with van der Waals surface area (Å²) in [5, 5.41) is 13.4. The van der Waals surface area contributed by atoms with E-state index in [1.54, 1.807) is 0 Å². The molecule has 1 unspecified atom stereocenters. The zero-order valence-corrected chi connectivity index (χ0v) is 13.0. The molecule has 0 spiro atoms. The molecule has 1 aromatic carbocycles. The molecule has 0 saturated heterocycles. The van der Waals surface area contributed by atoms with Gasteiger partial charge in [-0.05, 0) is 30.4 Å². The van der Waals surface area contributed by atoms with E-state index in [2.05, 4.69) is 39.3 Å². The van der Waals surface area contributed by atoms with Gasteiger partial charge in [0.15, 0.2) is 5.82 Å². The van der Waals surface area contributed by atoms with Crippen molar-refractivity contribution in [3.63, 3.8) is 0 Å². The van der Waals surface area contributed by atoms with Crippen LogP contribution >= 0.6 is 0 Å². The minimum Gasteiger partial charge on any atom is -0.395 e. The van der Waals surface area contributed by atoms with Gasteiger partial charge in [-0.25, -0.2) is 0 Å². The SMILES string of the molecule is CCc1noc(CN(CCO)C2CCCc3ccccc32)n1. The van der Waals surface area contributed by atoms with Gasteiger partial charge < -0.3 is 9.63 Å². The Bertz CT molecular complexity index is 611. The van der Waals surface area contributed by atoms with E-state index in [1.807, 2.05) is 6.92 Å². The van der Waals surface area contributed by atoms with Gasteiger partial charge in [0.2, 0.25) is 5.89 Å². The maximum atomic E-state index is 9.44. The highest BCUT2D eigenvalue weighted by Crippen LogP contribution is 2.34. The Kier molecular flexibility index (Phi) is 4.85. The number of rotatable bonds is 6. The fraction of sp³-hybridized carbons (Fsp3) is 0.529. The molecule has 1 heterocycles. The van der Waals surface area contributed by atoms with Crippen LogP contribution in [0.25, 0.3) is 0 Å². The molecule has 0 bridgehead atoms. The second kappa shape index (κ2) is 7.03. The summed E-state index contributed by atoms with van der Waals surface area (Å²) in [6.07, 6.45) is 4.19. The topological polar surface area (TPSA) is 62.4 Å². The molecule has 5 nitrogen and oxygen atoms in total. The van der Waals surface area contributed by atoms with Crippen molar-refractivity contribution in [3.05, 3.63) is 47.1 Å². The average Bonchev–Trinajstić information content (AvgIpc) is 3.02. The number of benzene rings is 1. The van der Waals surface area contributed by atoms with Crippen molar-refractivity contribution in [2.45, 2.75) is 45.2 Å². The number of fused-ring (bicyclic) bond motifs is 1. The Morgan fingerprint density at radius 1 is 1.36 bits per heavy atom. The zero-order chi connectivity index (χ0) is 15.4. The molecule has 1 aliphatic carbocycles. The molecule has 1 N–H and O–H groups in total. The van der Waals surface area contributed by atoms with Crippen LogP contribution in [-0.4, -0.2) is 33.3 Å². The van der Waals surface area contributed by atoms with Crippen molar-refractivity contribution in [3.8, 4) is 0 Å². The number of hydrogen-bond acceptors (Lipinski definition) is 5. The van der Waals surface area contributed by atoms with E-state index in [-0.39, 0.29) is 6.61 Å². The van der Waals surface area contributed by atoms with Crippen molar-refractivity contribution in [2.24, 2.45) is 0 Å². The normalized spacial score (nSPS) is 17.7. The number of nitrogens with zero attached hydrogens (tertiary/aromatic N) is 3. The monoisotopic (exact) mass is 301 g/mol. The number of aryl methyl sites for hydroxylation is 2. The van der Waals surface area contributed by atoms with Crippen LogP contribution in [0.15, 0.2) is 28.8 Å². The molecule has 0 radical (unpaired) electrons. The van der Waals surface area contributed by atoms with Crippen LogP contribution in [0.4, 0.5) is 0 Å². The minimum absolute atomic E-state index is 0.132. The van der Waals surface area contributed by atoms with Gasteiger partial charge in [0.05, 0.1) is 13.2 Å². The van der Waals surface area contributed by atoms with Crippen LogP contribution in [-0.2, 0) is 19.4 Å². The third kappa shape index (κ3) is 3.20. The van der Waals surface area contributed by atoms with Crippen molar-refractivity contribution in [1.82, 2.24) is 15.0 Å². The molecule has 0 aliphatic heterocycles. The molecule has 118 valence electrons. The van der Waals surface area contributed by atoms with Crippen LogP contribution in [0.1, 0.15) is 48.6 Å². The predicted molar refractivity (Wildman–Crippen MR) is 83.3 cm³/mol. The van der Waals surface area contributed by atoms with Gasteiger partial charge in [-0.15, -0.1) is 0 Å². The molecular weight excluding hydrogens is 278 g/mol. The molecular formula is C17H23N3O2. The molecule has 22 heavy (non-hydrogen) atoms. The summed E-state index contributed by atoms with van der Waals surface area (Å²) in [7, 11) is 0. The third-order valence-corrected chi connectivity index (χ3v) is 4.33. The van der Waals surface area contributed by atoms with Gasteiger partial charge in [0.1, 0.15) is 0 Å². The van der Waals surface area contributed by atoms with E-state index in [0.29, 0.717) is 25.0 Å². The van der Waals surface area contributed by atoms with Crippen molar-refractivity contribution >= 4 is 0 Å². The van der Waals surface area contributed by atoms with E-state index in [4.69, 9.17) is 4.52 Å². The predicted octanol–water partition coefficient (Wildman–Crippen LogP) is 2.50. The van der Waals surface area contributed by atoms with Crippen molar-refractivity contribution in [2.75, 3.05) is 13.2 Å². The number of aliphatic hydroxyl groups is 1. The fourth-order valence-electron chi connectivity index (χ4n) is 3.25. The smallest absolute Gasteiger partial charge is 0.240 e. The van der Waals surface area contributed by atoms with Crippen LogP contribution in [0.5, 0.6) is 0 Å². The lowest BCUT2D eigenvalue weighted by atomic mass is 9.87. The van der Waals surface area contributed by atoms with Crippen molar-refractivity contribution < 1.29 is 9.63 Å². The zero-order valence-electron chi connectivity index (χ0n) is 13.0. The second-order valence-corrected chi connectivity index (χ2v) is 5.76. The number of aromatic nitrogens is 2. The van der Waals surface area contributed by atoms with Crippen LogP contribution in [0.3, 0.4) is 0 Å². The van der Waals surface area contributed by atoms with E-state index in [9.17, 15) is 5.11 Å². The fourth-order valence-corrected chi connectivity index (χ4v) is 3.25. The lowest BCUT2D eigenvalue weighted by Gasteiger charge is -2.34. The second-order valence-electron chi connectivity index (χ2n) is 5.76. The Morgan fingerprint density at radius 2 is 2.23 bits per heavy atom. The first-order valence-electron chi connectivity index (χ1n) is 8.06. The highest BCUT2D eigenvalue weighted by atomic mass is 16.5. The van der Waals surface area contributed by atoms with E-state index < -0.39 is 0 Å². The van der Waals surface area contributed by atoms with Gasteiger partial charge in [-0.1, -0.05) is 36.3 Å². The molecule has 0 amide bonds. The van der Waals surface area contributed by atoms with Crippen LogP contribution < -0.4 is 0 Å². The Balaban J connectivity index is 1.82. The maximum absolute atomic E-state index is 9.44. The lowest BCUT2D eigenvalue weighted by molar-refractivity contribution is 0.118. The molecule has 0 saturated carbocycles. The minimum atomic E-state index is 0.132. The lowest BCUT2D eigenvalue weighted by Crippen LogP contribution is -2.33. The summed E-state index contributed by atoms with van der Waals surface area (Å²) in [5.74, 6) is 1.37. The van der Waals surface area contributed by atoms with Gasteiger partial charge in [0, 0.05) is 19.0 Å². The molecule has 3 rings (SSSR count). The standard InChI is InChI=1S/C17H23N3O2/c1-2-16-18-17(22-19-16)12-20(10-11-21)15-9-5-7-13-6-3-4-8-14(13)15/h3-4,6,8,15,21H,2,5,7,9-12H2,1H3. The molecule has 5 heteroatoms. The summed E-state index contributed by atoms with van der Waals surface area (Å²) in [6, 6.07) is 8.92. The van der Waals surface area contributed by atoms with E-state index >= 15 is 0 Å². The third-order valence-electron chi connectivity index (χ3n) is 4.33. The summed E-state index contributed by atoms with van der Waals surface area (Å²) < 4.78 is 5.33. The Labute approximate surface area is 131 Å². The number of hydrogen-bond donors (Lipinski definition) is 1. The highest BCUT2D eigenvalue weighted by molar-refractivity contribution is 5.32. The average molecular weight is 301 g/mol. The highest BCUT2D eigenvalue weighted by Gasteiger charge is 2.26. The van der Waals surface area contributed by atoms with Crippen LogP contribution in [0, 0.1) is 0 Å². The first-order chi connectivity index (χ1) is 10.8. The first-order valence-corrected chi connectivity index (χ1v) is 8.06. The van der Waals surface area contributed by atoms with E-state index in [0.717, 1.165) is 25.1 Å². The van der Waals surface area contributed by atoms with E-state index in [1.165, 1.54) is 17.5 Å². The summed E-state index contributed by atoms with van der Waals surface area (Å²) in [6.45, 7) is 3.35. The summed E-state index contributed by atoms with van der Waals surface area (Å²) >= 11 is 0. The Morgan fingerprint density at radius 3 is 3.00 bits per heavy atom. The summed E-state index contributed by atoms with van der Waals surface area (Å²) in [5.41, 5.74) is 2.79. The molecule has 0 fully saturated rings. The van der Waals surface area contributed by atoms with Gasteiger partial charge >= 0.3 is 0 Å². The molecule has 2 aromatic rings. The quantitative estimate of drug-likeness (QED) is 0.888. The van der Waals surface area contributed by atoms with Gasteiger partial charge in [-0.2, -0.15) is 4.98 Å². The first kappa shape index (κ1) is 15.2. The van der Waals surface area contributed by atoms with Crippen LogP contribution in [0.2, 0.25) is 0 Å². The largest absolute Gasteiger partial charge is 0.395 e. The van der Waals surface area contributed by atoms with Gasteiger partial charge in [-0.3, -0.25) is 4.90 Å². The maximum Gasteiger partial charge on any atom is 0.240 e. The van der Waals surface area contributed by atoms with Crippen molar-refractivity contribution in [1.29, 1.82) is 0 Å². The summed E-state index contributed by atoms with van der Waals surface area (Å²) in [4.78, 5) is 6.66.